The van der Waals surface area contributed by atoms with E-state index in [1.165, 1.54) is 0 Å². The van der Waals surface area contributed by atoms with Crippen molar-refractivity contribution in [2.75, 3.05) is 26.9 Å². The topological polar surface area (TPSA) is 62.6 Å². The summed E-state index contributed by atoms with van der Waals surface area (Å²) in [6.45, 7) is 1.30. The second-order valence-corrected chi connectivity index (χ2v) is 7.99. The molecule has 6 nitrogen and oxygen atoms in total. The van der Waals surface area contributed by atoms with Crippen molar-refractivity contribution in [3.8, 4) is 22.9 Å². The molecule has 4 aromatic rings. The number of benzene rings is 3. The molecule has 0 saturated carbocycles. The second-order valence-electron chi connectivity index (χ2n) is 7.15. The molecule has 3 aromatic carbocycles. The fraction of sp³-hybridized carbons (Fsp3) is 0.200. The van der Waals surface area contributed by atoms with Crippen molar-refractivity contribution < 1.29 is 14.2 Å². The Balaban J connectivity index is 1.49. The van der Waals surface area contributed by atoms with Crippen LogP contribution in [0.1, 0.15) is 0 Å². The average molecular weight is 485 g/mol. The zero-order chi connectivity index (χ0) is 23.2. The quantitative estimate of drug-likeness (QED) is 0.294. The number of halogens is 2. The van der Waals surface area contributed by atoms with Crippen LogP contribution in [0.25, 0.3) is 22.3 Å². The third kappa shape index (κ3) is 5.30. The maximum absolute atomic E-state index is 13.2. The third-order valence-electron chi connectivity index (χ3n) is 5.05. The first kappa shape index (κ1) is 23.1. The Morgan fingerprint density at radius 2 is 1.67 bits per heavy atom. The van der Waals surface area contributed by atoms with Crippen LogP contribution < -0.4 is 15.0 Å². The van der Waals surface area contributed by atoms with Crippen molar-refractivity contribution in [1.82, 2.24) is 9.55 Å². The summed E-state index contributed by atoms with van der Waals surface area (Å²) >= 11 is 12.5. The standard InChI is InChI=1S/C25H22Cl2N2O4/c1-31-22-8-4-5-9-23(22)33-15-14-32-13-12-29-24(18-11-10-17(26)16-20(18)27)28-21-7-3-2-6-19(21)25(29)30/h2-11,16H,12-15H2,1H3. The van der Waals surface area contributed by atoms with E-state index in [-0.39, 0.29) is 5.56 Å². The summed E-state index contributed by atoms with van der Waals surface area (Å²) in [5.41, 5.74) is 1.07. The Bertz CT molecular complexity index is 1320. The van der Waals surface area contributed by atoms with Gasteiger partial charge in [-0.2, -0.15) is 0 Å². The van der Waals surface area contributed by atoms with E-state index in [0.29, 0.717) is 70.2 Å². The van der Waals surface area contributed by atoms with Crippen molar-refractivity contribution in [2.24, 2.45) is 0 Å². The number of fused-ring (bicyclic) bond motifs is 1. The van der Waals surface area contributed by atoms with Gasteiger partial charge in [-0.1, -0.05) is 47.5 Å². The van der Waals surface area contributed by atoms with Gasteiger partial charge in [-0.15, -0.1) is 0 Å². The summed E-state index contributed by atoms with van der Waals surface area (Å²) in [5, 5.41) is 1.47. The first-order valence-corrected chi connectivity index (χ1v) is 11.1. The molecule has 0 atom stereocenters. The minimum Gasteiger partial charge on any atom is -0.493 e. The Labute approximate surface area is 201 Å². The number of nitrogens with zero attached hydrogens (tertiary/aromatic N) is 2. The summed E-state index contributed by atoms with van der Waals surface area (Å²) in [5.74, 6) is 1.78. The Kier molecular flexibility index (Phi) is 7.50. The monoisotopic (exact) mass is 484 g/mol. The summed E-state index contributed by atoms with van der Waals surface area (Å²) in [4.78, 5) is 17.9. The molecule has 0 spiro atoms. The van der Waals surface area contributed by atoms with Gasteiger partial charge in [0.2, 0.25) is 0 Å². The molecule has 0 saturated heterocycles. The largest absolute Gasteiger partial charge is 0.493 e. The summed E-state index contributed by atoms with van der Waals surface area (Å²) in [6, 6.07) is 19.8. The summed E-state index contributed by atoms with van der Waals surface area (Å²) < 4.78 is 18.3. The Morgan fingerprint density at radius 3 is 2.45 bits per heavy atom. The van der Waals surface area contributed by atoms with Crippen LogP contribution in [0.4, 0.5) is 0 Å². The van der Waals surface area contributed by atoms with Gasteiger partial charge in [0.05, 0.1) is 42.8 Å². The van der Waals surface area contributed by atoms with Gasteiger partial charge in [0.15, 0.2) is 11.5 Å². The molecular weight excluding hydrogens is 463 g/mol. The summed E-state index contributed by atoms with van der Waals surface area (Å²) in [6.07, 6.45) is 0. The van der Waals surface area contributed by atoms with E-state index in [2.05, 4.69) is 0 Å². The number of hydrogen-bond acceptors (Lipinski definition) is 5. The molecule has 0 aliphatic carbocycles. The molecule has 0 bridgehead atoms. The van der Waals surface area contributed by atoms with Gasteiger partial charge in [0.25, 0.3) is 5.56 Å². The van der Waals surface area contributed by atoms with Gasteiger partial charge in [-0.25, -0.2) is 4.98 Å². The zero-order valence-electron chi connectivity index (χ0n) is 18.0. The van der Waals surface area contributed by atoms with Gasteiger partial charge < -0.3 is 14.2 Å². The van der Waals surface area contributed by atoms with Gasteiger partial charge in [0, 0.05) is 10.6 Å². The molecule has 0 amide bonds. The molecule has 0 fully saturated rings. The van der Waals surface area contributed by atoms with Gasteiger partial charge in [0.1, 0.15) is 12.4 Å². The van der Waals surface area contributed by atoms with E-state index in [1.807, 2.05) is 36.4 Å². The van der Waals surface area contributed by atoms with Crippen molar-refractivity contribution in [2.45, 2.75) is 6.54 Å². The molecule has 0 N–H and O–H groups in total. The zero-order valence-corrected chi connectivity index (χ0v) is 19.5. The predicted octanol–water partition coefficient (Wildman–Crippen LogP) is 5.47. The van der Waals surface area contributed by atoms with Crippen LogP contribution in [0.5, 0.6) is 11.5 Å². The molecule has 33 heavy (non-hydrogen) atoms. The number of ether oxygens (including phenoxy) is 3. The maximum atomic E-state index is 13.2. The molecular formula is C25H22Cl2N2O4. The first-order valence-electron chi connectivity index (χ1n) is 10.4. The fourth-order valence-corrected chi connectivity index (χ4v) is 3.95. The molecule has 1 heterocycles. The highest BCUT2D eigenvalue weighted by molar-refractivity contribution is 6.36. The van der Waals surface area contributed by atoms with E-state index in [4.69, 9.17) is 42.4 Å². The number of aromatic nitrogens is 2. The Hall–Kier alpha value is -3.06. The highest BCUT2D eigenvalue weighted by atomic mass is 35.5. The third-order valence-corrected chi connectivity index (χ3v) is 5.60. The van der Waals surface area contributed by atoms with Crippen LogP contribution in [-0.4, -0.2) is 36.5 Å². The lowest BCUT2D eigenvalue weighted by Crippen LogP contribution is -2.26. The molecule has 0 unspecified atom stereocenters. The molecule has 0 aliphatic rings. The molecule has 0 aliphatic heterocycles. The first-order chi connectivity index (χ1) is 16.1. The van der Waals surface area contributed by atoms with E-state index in [1.54, 1.807) is 42.0 Å². The van der Waals surface area contributed by atoms with Gasteiger partial charge in [-0.3, -0.25) is 9.36 Å². The Morgan fingerprint density at radius 1 is 0.909 bits per heavy atom. The minimum absolute atomic E-state index is 0.157. The van der Waals surface area contributed by atoms with E-state index < -0.39 is 0 Å². The second kappa shape index (κ2) is 10.7. The van der Waals surface area contributed by atoms with Crippen LogP contribution in [0.2, 0.25) is 10.0 Å². The van der Waals surface area contributed by atoms with Crippen molar-refractivity contribution in [3.63, 3.8) is 0 Å². The molecule has 8 heteroatoms. The van der Waals surface area contributed by atoms with E-state index >= 15 is 0 Å². The average Bonchev–Trinajstić information content (AvgIpc) is 2.82. The minimum atomic E-state index is -0.157. The van der Waals surface area contributed by atoms with Gasteiger partial charge >= 0.3 is 0 Å². The highest BCUT2D eigenvalue weighted by Crippen LogP contribution is 2.29. The lowest BCUT2D eigenvalue weighted by molar-refractivity contribution is 0.0931. The molecule has 170 valence electrons. The maximum Gasteiger partial charge on any atom is 0.261 e. The number of hydrogen-bond donors (Lipinski definition) is 0. The van der Waals surface area contributed by atoms with Gasteiger partial charge in [-0.05, 0) is 42.5 Å². The number of methoxy groups -OCH3 is 1. The van der Waals surface area contributed by atoms with E-state index in [0.717, 1.165) is 0 Å². The number of rotatable bonds is 9. The van der Waals surface area contributed by atoms with Crippen molar-refractivity contribution in [1.29, 1.82) is 0 Å². The lowest BCUT2D eigenvalue weighted by Gasteiger charge is -2.15. The molecule has 4 rings (SSSR count). The normalized spacial score (nSPS) is 11.0. The van der Waals surface area contributed by atoms with Crippen molar-refractivity contribution in [3.05, 3.63) is 87.1 Å². The van der Waals surface area contributed by atoms with Crippen LogP contribution in [0.3, 0.4) is 0 Å². The molecule has 1 aromatic heterocycles. The summed E-state index contributed by atoms with van der Waals surface area (Å²) in [7, 11) is 1.60. The lowest BCUT2D eigenvalue weighted by atomic mass is 10.1. The highest BCUT2D eigenvalue weighted by Gasteiger charge is 2.15. The van der Waals surface area contributed by atoms with Crippen LogP contribution >= 0.6 is 23.2 Å². The van der Waals surface area contributed by atoms with Crippen LogP contribution in [-0.2, 0) is 11.3 Å². The SMILES string of the molecule is COc1ccccc1OCCOCCn1c(-c2ccc(Cl)cc2Cl)nc2ccccc2c1=O. The predicted molar refractivity (Wildman–Crippen MR) is 131 cm³/mol. The smallest absolute Gasteiger partial charge is 0.261 e. The van der Waals surface area contributed by atoms with Crippen LogP contribution in [0, 0.1) is 0 Å². The molecule has 0 radical (unpaired) electrons. The fourth-order valence-electron chi connectivity index (χ4n) is 3.46. The number of para-hydroxylation sites is 3. The van der Waals surface area contributed by atoms with Crippen LogP contribution in [0.15, 0.2) is 71.5 Å². The van der Waals surface area contributed by atoms with Crippen molar-refractivity contribution >= 4 is 34.1 Å². The van der Waals surface area contributed by atoms with E-state index in [9.17, 15) is 4.79 Å².